The lowest BCUT2D eigenvalue weighted by molar-refractivity contribution is -0.684. The Bertz CT molecular complexity index is 665. The van der Waals surface area contributed by atoms with Crippen LogP contribution in [0.2, 0.25) is 0 Å². The molecule has 0 spiro atoms. The summed E-state index contributed by atoms with van der Waals surface area (Å²) in [6.07, 6.45) is 8.16. The third-order valence-electron chi connectivity index (χ3n) is 4.96. The summed E-state index contributed by atoms with van der Waals surface area (Å²) >= 11 is 0. The second-order valence-electron chi connectivity index (χ2n) is 6.52. The predicted octanol–water partition coefficient (Wildman–Crippen LogP) is 4.64. The molecule has 0 aliphatic rings. The minimum atomic E-state index is 0.0240. The van der Waals surface area contributed by atoms with Crippen molar-refractivity contribution in [1.29, 1.82) is 0 Å². The van der Waals surface area contributed by atoms with Gasteiger partial charge in [-0.1, -0.05) is 45.9 Å². The normalized spacial score (nSPS) is 10.9. The van der Waals surface area contributed by atoms with Crippen molar-refractivity contribution >= 4 is 11.6 Å². The topological polar surface area (TPSA) is 33.0 Å². The van der Waals surface area contributed by atoms with E-state index in [1.807, 2.05) is 17.0 Å². The molecule has 1 aromatic carbocycles. The van der Waals surface area contributed by atoms with Crippen LogP contribution < -0.4 is 9.88 Å². The van der Waals surface area contributed by atoms with Crippen LogP contribution in [0.3, 0.4) is 0 Å². The molecular weight excluding hydrogens is 308 g/mol. The minimum Gasteiger partial charge on any atom is -0.320 e. The second-order valence-corrected chi connectivity index (χ2v) is 6.52. The fraction of sp³-hybridized carbons (Fsp3) is 0.455. The molecule has 3 nitrogen and oxygen atoms in total. The zero-order chi connectivity index (χ0) is 18.2. The average molecular weight is 340 g/mol. The molecule has 0 aliphatic heterocycles. The van der Waals surface area contributed by atoms with Gasteiger partial charge >= 0.3 is 0 Å². The maximum Gasteiger partial charge on any atom is 0.290 e. The predicted molar refractivity (Wildman–Crippen MR) is 104 cm³/mol. The Hall–Kier alpha value is -2.16. The lowest BCUT2D eigenvalue weighted by Gasteiger charge is -2.14. The standard InChI is InChI=1S/C22H30N2O/c1-5-17(6-2)20-12-14-24(15-13-20)16-21(25)23-22-18(7-3)10-9-11-19(22)8-4/h9-15,17H,5-8,16H2,1-4H3/p+1. The van der Waals surface area contributed by atoms with Gasteiger partial charge in [0.2, 0.25) is 6.54 Å². The first-order valence-electron chi connectivity index (χ1n) is 9.52. The smallest absolute Gasteiger partial charge is 0.290 e. The number of carbonyl (C=O) groups is 1. The molecule has 0 saturated carbocycles. The molecule has 2 rings (SSSR count). The van der Waals surface area contributed by atoms with Crippen LogP contribution in [0.15, 0.2) is 42.7 Å². The van der Waals surface area contributed by atoms with Crippen molar-refractivity contribution < 1.29 is 9.36 Å². The fourth-order valence-corrected chi connectivity index (χ4v) is 3.35. The number of rotatable bonds is 8. The number of benzene rings is 1. The van der Waals surface area contributed by atoms with Crippen LogP contribution in [0.1, 0.15) is 63.1 Å². The summed E-state index contributed by atoms with van der Waals surface area (Å²) < 4.78 is 1.95. The summed E-state index contributed by atoms with van der Waals surface area (Å²) in [6.45, 7) is 9.02. The van der Waals surface area contributed by atoms with E-state index in [1.165, 1.54) is 16.7 Å². The van der Waals surface area contributed by atoms with Gasteiger partial charge in [0.15, 0.2) is 12.4 Å². The first kappa shape index (κ1) is 19.2. The van der Waals surface area contributed by atoms with E-state index in [0.29, 0.717) is 12.5 Å². The molecule has 25 heavy (non-hydrogen) atoms. The molecule has 0 unspecified atom stereocenters. The Labute approximate surface area is 152 Å². The fourth-order valence-electron chi connectivity index (χ4n) is 3.35. The van der Waals surface area contributed by atoms with Gasteiger partial charge in [0, 0.05) is 17.8 Å². The van der Waals surface area contributed by atoms with E-state index >= 15 is 0 Å². The van der Waals surface area contributed by atoms with Gasteiger partial charge in [0.25, 0.3) is 5.91 Å². The van der Waals surface area contributed by atoms with Gasteiger partial charge in [-0.3, -0.25) is 4.79 Å². The Morgan fingerprint density at radius 1 is 0.960 bits per heavy atom. The number of anilines is 1. The Morgan fingerprint density at radius 3 is 2.00 bits per heavy atom. The van der Waals surface area contributed by atoms with Crippen molar-refractivity contribution in [3.05, 3.63) is 59.4 Å². The molecule has 0 aliphatic carbocycles. The van der Waals surface area contributed by atoms with Gasteiger partial charge in [-0.2, -0.15) is 4.57 Å². The Balaban J connectivity index is 2.08. The summed E-state index contributed by atoms with van der Waals surface area (Å²) in [7, 11) is 0. The van der Waals surface area contributed by atoms with Gasteiger partial charge in [-0.15, -0.1) is 0 Å². The highest BCUT2D eigenvalue weighted by molar-refractivity contribution is 5.91. The van der Waals surface area contributed by atoms with Crippen molar-refractivity contribution in [3.63, 3.8) is 0 Å². The lowest BCUT2D eigenvalue weighted by atomic mass is 9.95. The number of hydrogen-bond donors (Lipinski definition) is 1. The summed E-state index contributed by atoms with van der Waals surface area (Å²) in [5.74, 6) is 0.628. The highest BCUT2D eigenvalue weighted by Gasteiger charge is 2.15. The summed E-state index contributed by atoms with van der Waals surface area (Å²) in [5, 5.41) is 3.13. The van der Waals surface area contributed by atoms with E-state index in [1.54, 1.807) is 0 Å². The quantitative estimate of drug-likeness (QED) is 0.698. The van der Waals surface area contributed by atoms with E-state index in [-0.39, 0.29) is 5.91 Å². The third-order valence-corrected chi connectivity index (χ3v) is 4.96. The second kappa shape index (κ2) is 9.36. The van der Waals surface area contributed by atoms with Gasteiger partial charge in [-0.05, 0) is 48.3 Å². The van der Waals surface area contributed by atoms with Crippen LogP contribution in [0.25, 0.3) is 0 Å². The van der Waals surface area contributed by atoms with Crippen LogP contribution in [0.4, 0.5) is 5.69 Å². The molecule has 3 heteroatoms. The molecule has 0 saturated heterocycles. The zero-order valence-corrected chi connectivity index (χ0v) is 16.0. The average Bonchev–Trinajstić information content (AvgIpc) is 2.64. The van der Waals surface area contributed by atoms with Crippen molar-refractivity contribution in [1.82, 2.24) is 0 Å². The van der Waals surface area contributed by atoms with E-state index < -0.39 is 0 Å². The zero-order valence-electron chi connectivity index (χ0n) is 16.0. The van der Waals surface area contributed by atoms with Crippen LogP contribution in [-0.2, 0) is 24.2 Å². The van der Waals surface area contributed by atoms with Crippen molar-refractivity contribution in [2.75, 3.05) is 5.32 Å². The number of aromatic nitrogens is 1. The highest BCUT2D eigenvalue weighted by Crippen LogP contribution is 2.23. The highest BCUT2D eigenvalue weighted by atomic mass is 16.1. The van der Waals surface area contributed by atoms with E-state index in [4.69, 9.17) is 0 Å². The van der Waals surface area contributed by atoms with Crippen LogP contribution >= 0.6 is 0 Å². The van der Waals surface area contributed by atoms with Crippen LogP contribution in [-0.4, -0.2) is 5.91 Å². The maximum atomic E-state index is 12.5. The van der Waals surface area contributed by atoms with Crippen molar-refractivity contribution in [3.8, 4) is 0 Å². The summed E-state index contributed by atoms with van der Waals surface area (Å²) in [6, 6.07) is 10.5. The minimum absolute atomic E-state index is 0.0240. The number of hydrogen-bond acceptors (Lipinski definition) is 1. The number of aryl methyl sites for hydroxylation is 2. The molecule has 0 atom stereocenters. The molecule has 0 fully saturated rings. The molecule has 0 radical (unpaired) electrons. The third kappa shape index (κ3) is 4.91. The van der Waals surface area contributed by atoms with Gasteiger partial charge in [0.05, 0.1) is 0 Å². The van der Waals surface area contributed by atoms with Crippen molar-refractivity contribution in [2.45, 2.75) is 65.8 Å². The maximum absolute atomic E-state index is 12.5. The largest absolute Gasteiger partial charge is 0.320 e. The van der Waals surface area contributed by atoms with Gasteiger partial charge in [-0.25, -0.2) is 0 Å². The Kier molecular flexibility index (Phi) is 7.17. The van der Waals surface area contributed by atoms with Crippen molar-refractivity contribution in [2.24, 2.45) is 0 Å². The molecule has 134 valence electrons. The number of nitrogens with one attached hydrogen (secondary N) is 1. The Morgan fingerprint density at radius 2 is 1.52 bits per heavy atom. The van der Waals surface area contributed by atoms with Gasteiger partial charge < -0.3 is 5.32 Å². The number of para-hydroxylation sites is 1. The first-order valence-corrected chi connectivity index (χ1v) is 9.52. The lowest BCUT2D eigenvalue weighted by Crippen LogP contribution is -2.39. The number of pyridine rings is 1. The van der Waals surface area contributed by atoms with E-state index in [9.17, 15) is 4.79 Å². The van der Waals surface area contributed by atoms with E-state index in [2.05, 4.69) is 63.3 Å². The summed E-state index contributed by atoms with van der Waals surface area (Å²) in [5.41, 5.74) is 4.74. The van der Waals surface area contributed by atoms with Crippen LogP contribution in [0, 0.1) is 0 Å². The molecule has 2 aromatic rings. The number of nitrogens with zero attached hydrogens (tertiary/aromatic N) is 1. The SMILES string of the molecule is CCc1cccc(CC)c1NC(=O)C[n+]1ccc(C(CC)CC)cc1. The number of amides is 1. The monoisotopic (exact) mass is 339 g/mol. The van der Waals surface area contributed by atoms with Crippen LogP contribution in [0.5, 0.6) is 0 Å². The molecular formula is C22H31N2O+. The molecule has 1 N–H and O–H groups in total. The molecule has 1 amide bonds. The molecule has 0 bridgehead atoms. The van der Waals surface area contributed by atoms with E-state index in [0.717, 1.165) is 31.4 Å². The first-order chi connectivity index (χ1) is 12.1. The summed E-state index contributed by atoms with van der Waals surface area (Å²) in [4.78, 5) is 12.5. The number of carbonyl (C=O) groups excluding carboxylic acids is 1. The molecule has 1 aromatic heterocycles. The molecule has 1 heterocycles. The van der Waals surface area contributed by atoms with Gasteiger partial charge in [0.1, 0.15) is 0 Å².